The first-order valence-electron chi connectivity index (χ1n) is 13.9. The summed E-state index contributed by atoms with van der Waals surface area (Å²) in [5, 5.41) is 10.7. The summed E-state index contributed by atoms with van der Waals surface area (Å²) in [6.45, 7) is 14.3. The first-order valence-corrected chi connectivity index (χ1v) is 13.9. The molecule has 0 aromatic carbocycles. The van der Waals surface area contributed by atoms with E-state index in [1.807, 2.05) is 12.3 Å². The molecule has 2 saturated heterocycles. The Labute approximate surface area is 230 Å². The number of rotatable bonds is 7. The number of anilines is 1. The maximum atomic E-state index is 12.3. The lowest BCUT2D eigenvalue weighted by Crippen LogP contribution is -2.37. The summed E-state index contributed by atoms with van der Waals surface area (Å²) in [5.74, 6) is 0.377. The summed E-state index contributed by atoms with van der Waals surface area (Å²) in [6.07, 6.45) is 6.02. The molecule has 5 rings (SSSR count). The van der Waals surface area contributed by atoms with Gasteiger partial charge in [-0.2, -0.15) is 0 Å². The van der Waals surface area contributed by atoms with Crippen molar-refractivity contribution >= 4 is 23.6 Å². The number of likely N-dealkylation sites (tertiary alicyclic amines) is 1. The Bertz CT molecular complexity index is 1290. The topological polar surface area (TPSA) is 92.4 Å². The highest BCUT2D eigenvalue weighted by Gasteiger charge is 2.29. The number of ether oxygens (including phenoxy) is 2. The number of piperidine rings is 1. The van der Waals surface area contributed by atoms with Crippen LogP contribution in [0.3, 0.4) is 0 Å². The minimum absolute atomic E-state index is 0.114. The zero-order chi connectivity index (χ0) is 27.5. The van der Waals surface area contributed by atoms with Gasteiger partial charge in [0.15, 0.2) is 5.76 Å². The number of carbonyl (C=O) groups excluding carboxylic acids is 1. The van der Waals surface area contributed by atoms with Gasteiger partial charge in [-0.05, 0) is 69.9 Å². The molecule has 9 heteroatoms. The molecule has 0 saturated carbocycles. The fourth-order valence-electron chi connectivity index (χ4n) is 5.88. The monoisotopic (exact) mass is 533 g/mol. The quantitative estimate of drug-likeness (QED) is 0.529. The molecule has 2 aromatic rings. The normalized spacial score (nSPS) is 20.2. The zero-order valence-electron chi connectivity index (χ0n) is 23.4. The fourth-order valence-corrected chi connectivity index (χ4v) is 5.88. The number of aromatic nitrogens is 2. The number of aryl methyl sites for hydroxylation is 1. The lowest BCUT2D eigenvalue weighted by atomic mass is 10.0. The third-order valence-corrected chi connectivity index (χ3v) is 7.90. The molecular formula is C30H39N5O4. The van der Waals surface area contributed by atoms with E-state index in [0.29, 0.717) is 17.5 Å². The molecule has 0 radical (unpaired) electrons. The van der Waals surface area contributed by atoms with Crippen molar-refractivity contribution in [3.8, 4) is 0 Å². The van der Waals surface area contributed by atoms with Crippen LogP contribution in [0, 0.1) is 13.8 Å². The predicted molar refractivity (Wildman–Crippen MR) is 152 cm³/mol. The van der Waals surface area contributed by atoms with Crippen LogP contribution in [0.2, 0.25) is 0 Å². The Kier molecular flexibility index (Phi) is 8.18. The van der Waals surface area contributed by atoms with Crippen molar-refractivity contribution in [2.45, 2.75) is 53.1 Å². The molecule has 1 N–H and O–H groups in total. The van der Waals surface area contributed by atoms with Gasteiger partial charge in [0, 0.05) is 56.4 Å². The van der Waals surface area contributed by atoms with Crippen LogP contribution in [-0.4, -0.2) is 77.2 Å². The summed E-state index contributed by atoms with van der Waals surface area (Å²) >= 11 is 0. The maximum Gasteiger partial charge on any atom is 0.343 e. The largest absolute Gasteiger partial charge is 0.505 e. The SMILES string of the molecule is CCOC(=O)C1=C(O)/C(=C\c2cc(C)n(C3CCN(Cc4ccc(N5CCOCC5)nc4)CC3)c2C)N=C1C. The van der Waals surface area contributed by atoms with E-state index in [1.165, 1.54) is 11.3 Å². The second-order valence-electron chi connectivity index (χ2n) is 10.5. The number of hydrogen-bond donors (Lipinski definition) is 1. The number of aliphatic imine (C=N–C) groups is 1. The fraction of sp³-hybridized carbons (Fsp3) is 0.500. The molecule has 208 valence electrons. The maximum absolute atomic E-state index is 12.3. The smallest absolute Gasteiger partial charge is 0.343 e. The minimum atomic E-state index is -0.541. The van der Waals surface area contributed by atoms with Crippen molar-refractivity contribution in [2.24, 2.45) is 4.99 Å². The highest BCUT2D eigenvalue weighted by molar-refractivity contribution is 6.22. The van der Waals surface area contributed by atoms with Gasteiger partial charge in [0.2, 0.25) is 0 Å². The second-order valence-corrected chi connectivity index (χ2v) is 10.5. The minimum Gasteiger partial charge on any atom is -0.505 e. The Morgan fingerprint density at radius 3 is 2.56 bits per heavy atom. The van der Waals surface area contributed by atoms with E-state index < -0.39 is 5.97 Å². The van der Waals surface area contributed by atoms with E-state index >= 15 is 0 Å². The van der Waals surface area contributed by atoms with Crippen LogP contribution in [-0.2, 0) is 20.8 Å². The Hall–Kier alpha value is -3.43. The standard InChI is InChI=1S/C30H39N5O4/c1-5-39-30(37)28-21(3)32-26(29(28)36)17-24-16-20(2)35(22(24)4)25-8-10-33(11-9-25)19-23-6-7-27(31-18-23)34-12-14-38-15-13-34/h6-7,16-18,25,36H,5,8-15,19H2,1-4H3/b26-17+. The van der Waals surface area contributed by atoms with E-state index in [9.17, 15) is 9.90 Å². The lowest BCUT2D eigenvalue weighted by Gasteiger charge is -2.34. The van der Waals surface area contributed by atoms with Crippen molar-refractivity contribution in [1.29, 1.82) is 0 Å². The molecule has 9 nitrogen and oxygen atoms in total. The van der Waals surface area contributed by atoms with Gasteiger partial charge in [-0.15, -0.1) is 0 Å². The van der Waals surface area contributed by atoms with Crippen LogP contribution in [0.1, 0.15) is 55.2 Å². The average molecular weight is 534 g/mol. The van der Waals surface area contributed by atoms with Crippen LogP contribution in [0.15, 0.2) is 46.4 Å². The van der Waals surface area contributed by atoms with Crippen LogP contribution in [0.5, 0.6) is 0 Å². The molecule has 0 amide bonds. The summed E-state index contributed by atoms with van der Waals surface area (Å²) in [6, 6.07) is 6.89. The molecule has 5 heterocycles. The van der Waals surface area contributed by atoms with E-state index in [-0.39, 0.29) is 17.9 Å². The van der Waals surface area contributed by atoms with Crippen molar-refractivity contribution in [3.63, 3.8) is 0 Å². The number of aliphatic hydroxyl groups excluding tert-OH is 1. The van der Waals surface area contributed by atoms with Gasteiger partial charge in [0.1, 0.15) is 17.1 Å². The first-order chi connectivity index (χ1) is 18.9. The molecule has 2 fully saturated rings. The number of aliphatic hydroxyl groups is 1. The molecule has 0 unspecified atom stereocenters. The molecule has 3 aliphatic heterocycles. The number of nitrogens with zero attached hydrogens (tertiary/aromatic N) is 5. The van der Waals surface area contributed by atoms with Gasteiger partial charge in [-0.1, -0.05) is 6.07 Å². The summed E-state index contributed by atoms with van der Waals surface area (Å²) in [7, 11) is 0. The summed E-state index contributed by atoms with van der Waals surface area (Å²) in [5.41, 5.74) is 5.61. The van der Waals surface area contributed by atoms with Crippen LogP contribution < -0.4 is 4.90 Å². The third-order valence-electron chi connectivity index (χ3n) is 7.90. The molecule has 3 aliphatic rings. The van der Waals surface area contributed by atoms with Crippen molar-refractivity contribution in [2.75, 3.05) is 50.9 Å². The third kappa shape index (κ3) is 5.79. The van der Waals surface area contributed by atoms with Crippen LogP contribution in [0.25, 0.3) is 6.08 Å². The molecule has 0 bridgehead atoms. The zero-order valence-corrected chi connectivity index (χ0v) is 23.4. The van der Waals surface area contributed by atoms with Crippen LogP contribution in [0.4, 0.5) is 5.82 Å². The Morgan fingerprint density at radius 2 is 1.90 bits per heavy atom. The van der Waals surface area contributed by atoms with Gasteiger partial charge in [-0.3, -0.25) is 4.90 Å². The molecule has 39 heavy (non-hydrogen) atoms. The molecule has 0 atom stereocenters. The highest BCUT2D eigenvalue weighted by Crippen LogP contribution is 2.32. The van der Waals surface area contributed by atoms with Crippen molar-refractivity contribution in [1.82, 2.24) is 14.5 Å². The Morgan fingerprint density at radius 1 is 1.15 bits per heavy atom. The van der Waals surface area contributed by atoms with E-state index in [0.717, 1.165) is 75.9 Å². The van der Waals surface area contributed by atoms with E-state index in [2.05, 4.69) is 51.4 Å². The molecule has 0 spiro atoms. The summed E-state index contributed by atoms with van der Waals surface area (Å²) in [4.78, 5) is 26.2. The van der Waals surface area contributed by atoms with E-state index in [1.54, 1.807) is 13.8 Å². The highest BCUT2D eigenvalue weighted by atomic mass is 16.5. The number of morpholine rings is 1. The van der Waals surface area contributed by atoms with Gasteiger partial charge in [0.05, 0.1) is 25.5 Å². The molecule has 0 aliphatic carbocycles. The van der Waals surface area contributed by atoms with Crippen LogP contribution >= 0.6 is 0 Å². The van der Waals surface area contributed by atoms with Crippen molar-refractivity contribution < 1.29 is 19.4 Å². The second kappa shape index (κ2) is 11.8. The van der Waals surface area contributed by atoms with Gasteiger partial charge < -0.3 is 24.0 Å². The van der Waals surface area contributed by atoms with Gasteiger partial charge in [-0.25, -0.2) is 14.8 Å². The molecule has 2 aromatic heterocycles. The van der Waals surface area contributed by atoms with Gasteiger partial charge >= 0.3 is 5.97 Å². The average Bonchev–Trinajstić information content (AvgIpc) is 3.38. The molecular weight excluding hydrogens is 494 g/mol. The van der Waals surface area contributed by atoms with E-state index in [4.69, 9.17) is 14.5 Å². The Balaban J connectivity index is 1.22. The van der Waals surface area contributed by atoms with Gasteiger partial charge in [0.25, 0.3) is 0 Å². The number of hydrogen-bond acceptors (Lipinski definition) is 8. The first kappa shape index (κ1) is 27.1. The number of pyridine rings is 1. The summed E-state index contributed by atoms with van der Waals surface area (Å²) < 4.78 is 12.9. The number of carbonyl (C=O) groups is 1. The number of esters is 1. The lowest BCUT2D eigenvalue weighted by molar-refractivity contribution is -0.138. The predicted octanol–water partition coefficient (Wildman–Crippen LogP) is 4.36. The van der Waals surface area contributed by atoms with Crippen molar-refractivity contribution in [3.05, 3.63) is 63.9 Å².